The summed E-state index contributed by atoms with van der Waals surface area (Å²) in [6.07, 6.45) is 0.286. The molecule has 0 fully saturated rings. The van der Waals surface area contributed by atoms with Crippen LogP contribution in [0.3, 0.4) is 0 Å². The molecule has 4 aromatic rings. The van der Waals surface area contributed by atoms with Gasteiger partial charge in [0.05, 0.1) is 18.5 Å². The first-order valence-corrected chi connectivity index (χ1v) is 10.9. The first-order valence-electron chi connectivity index (χ1n) is 9.09. The highest BCUT2D eigenvalue weighted by Crippen LogP contribution is 2.20. The molecule has 4 rings (SSSR count). The molecule has 3 aromatic heterocycles. The fourth-order valence-electron chi connectivity index (χ4n) is 2.76. The Kier molecular flexibility index (Phi) is 6.09. The van der Waals surface area contributed by atoms with Crippen LogP contribution in [-0.4, -0.2) is 37.0 Å². The predicted molar refractivity (Wildman–Crippen MR) is 115 cm³/mol. The van der Waals surface area contributed by atoms with Crippen LogP contribution in [-0.2, 0) is 22.4 Å². The highest BCUT2D eigenvalue weighted by atomic mass is 32.1. The molecule has 0 aliphatic heterocycles. The second-order valence-electron chi connectivity index (χ2n) is 6.48. The van der Waals surface area contributed by atoms with E-state index in [1.807, 2.05) is 17.5 Å². The van der Waals surface area contributed by atoms with Gasteiger partial charge in [0.15, 0.2) is 11.0 Å². The number of rotatable bonds is 7. The van der Waals surface area contributed by atoms with Crippen molar-refractivity contribution < 1.29 is 14.0 Å². The largest absolute Gasteiger partial charge is 0.326 e. The summed E-state index contributed by atoms with van der Waals surface area (Å²) in [7, 11) is 0. The number of aromatic nitrogens is 5. The highest BCUT2D eigenvalue weighted by molar-refractivity contribution is 7.14. The predicted octanol–water partition coefficient (Wildman–Crippen LogP) is 2.99. The number of carbonyl (C=O) groups is 2. The normalized spacial score (nSPS) is 10.8. The Morgan fingerprint density at radius 2 is 1.97 bits per heavy atom. The van der Waals surface area contributed by atoms with Crippen LogP contribution in [0.5, 0.6) is 0 Å². The van der Waals surface area contributed by atoms with Crippen LogP contribution in [0.2, 0.25) is 0 Å². The van der Waals surface area contributed by atoms with Gasteiger partial charge in [0.1, 0.15) is 11.5 Å². The Morgan fingerprint density at radius 1 is 1.13 bits per heavy atom. The zero-order valence-electron chi connectivity index (χ0n) is 16.2. The molecule has 0 aliphatic rings. The van der Waals surface area contributed by atoms with Gasteiger partial charge in [-0.1, -0.05) is 6.07 Å². The van der Waals surface area contributed by atoms with Gasteiger partial charge in [-0.3, -0.25) is 9.59 Å². The van der Waals surface area contributed by atoms with Crippen molar-refractivity contribution in [3.63, 3.8) is 0 Å². The molecule has 0 aliphatic carbocycles. The van der Waals surface area contributed by atoms with E-state index in [-0.39, 0.29) is 30.3 Å². The summed E-state index contributed by atoms with van der Waals surface area (Å²) >= 11 is 2.76. The number of nitrogens with one attached hydrogen (secondary N) is 2. The summed E-state index contributed by atoms with van der Waals surface area (Å²) in [6, 6.07) is 7.92. The number of thiophene rings is 1. The molecule has 12 heteroatoms. The number of anilines is 2. The molecular formula is C19H16FN7O2S2. The van der Waals surface area contributed by atoms with E-state index in [1.54, 1.807) is 12.3 Å². The zero-order chi connectivity index (χ0) is 21.8. The van der Waals surface area contributed by atoms with Crippen LogP contribution in [0.15, 0.2) is 41.1 Å². The second kappa shape index (κ2) is 9.10. The number of benzene rings is 1. The first-order chi connectivity index (χ1) is 15.0. The minimum absolute atomic E-state index is 0.00785. The number of aryl methyl sites for hydroxylation is 1. The lowest BCUT2D eigenvalue weighted by Crippen LogP contribution is -2.16. The van der Waals surface area contributed by atoms with Gasteiger partial charge in [0, 0.05) is 15.9 Å². The van der Waals surface area contributed by atoms with Gasteiger partial charge < -0.3 is 10.6 Å². The van der Waals surface area contributed by atoms with Gasteiger partial charge in [0.25, 0.3) is 0 Å². The monoisotopic (exact) mass is 457 g/mol. The van der Waals surface area contributed by atoms with E-state index < -0.39 is 5.82 Å². The van der Waals surface area contributed by atoms with Crippen LogP contribution in [0.1, 0.15) is 16.4 Å². The third kappa shape index (κ3) is 5.16. The maximum absolute atomic E-state index is 14.2. The Balaban J connectivity index is 1.36. The molecule has 0 atom stereocenters. The zero-order valence-corrected chi connectivity index (χ0v) is 17.8. The van der Waals surface area contributed by atoms with Gasteiger partial charge in [-0.2, -0.15) is 4.68 Å². The van der Waals surface area contributed by atoms with E-state index >= 15 is 0 Å². The fraction of sp³-hybridized carbons (Fsp3) is 0.158. The fourth-order valence-corrected chi connectivity index (χ4v) is 4.19. The van der Waals surface area contributed by atoms with Crippen molar-refractivity contribution >= 4 is 45.3 Å². The molecule has 0 spiro atoms. The molecule has 3 heterocycles. The molecule has 2 N–H and O–H groups in total. The molecule has 0 radical (unpaired) electrons. The Bertz CT molecular complexity index is 1220. The summed E-state index contributed by atoms with van der Waals surface area (Å²) in [5.74, 6) is -0.591. The third-order valence-electron chi connectivity index (χ3n) is 4.14. The molecule has 2 amide bonds. The van der Waals surface area contributed by atoms with E-state index in [9.17, 15) is 14.0 Å². The number of amides is 2. The number of thiazole rings is 1. The Morgan fingerprint density at radius 3 is 2.71 bits per heavy atom. The van der Waals surface area contributed by atoms with Crippen molar-refractivity contribution in [3.8, 4) is 5.69 Å². The molecule has 0 saturated heterocycles. The van der Waals surface area contributed by atoms with Crippen molar-refractivity contribution in [1.29, 1.82) is 0 Å². The average molecular weight is 458 g/mol. The van der Waals surface area contributed by atoms with E-state index in [0.29, 0.717) is 22.3 Å². The van der Waals surface area contributed by atoms with Crippen molar-refractivity contribution in [3.05, 3.63) is 63.3 Å². The van der Waals surface area contributed by atoms with E-state index in [0.717, 1.165) is 4.88 Å². The van der Waals surface area contributed by atoms with Crippen LogP contribution in [0.4, 0.5) is 15.2 Å². The first kappa shape index (κ1) is 20.8. The molecular weight excluding hydrogens is 441 g/mol. The number of tetrazole rings is 1. The van der Waals surface area contributed by atoms with Gasteiger partial charge in [-0.25, -0.2) is 9.37 Å². The lowest BCUT2D eigenvalue weighted by atomic mass is 10.2. The van der Waals surface area contributed by atoms with Crippen molar-refractivity contribution in [2.75, 3.05) is 10.6 Å². The lowest BCUT2D eigenvalue weighted by Gasteiger charge is -2.08. The topological polar surface area (TPSA) is 115 Å². The lowest BCUT2D eigenvalue weighted by molar-refractivity contribution is -0.116. The smallest absolute Gasteiger partial charge is 0.231 e. The number of hydrogen-bond acceptors (Lipinski definition) is 8. The van der Waals surface area contributed by atoms with Crippen LogP contribution >= 0.6 is 22.7 Å². The van der Waals surface area contributed by atoms with E-state index in [2.05, 4.69) is 31.1 Å². The van der Waals surface area contributed by atoms with Gasteiger partial charge >= 0.3 is 0 Å². The Hall–Kier alpha value is -3.51. The number of halogens is 1. The van der Waals surface area contributed by atoms with Crippen molar-refractivity contribution in [2.45, 2.75) is 19.8 Å². The maximum atomic E-state index is 14.2. The maximum Gasteiger partial charge on any atom is 0.231 e. The second-order valence-corrected chi connectivity index (χ2v) is 8.37. The number of nitrogens with zero attached hydrogens (tertiary/aromatic N) is 5. The van der Waals surface area contributed by atoms with Gasteiger partial charge in [0.2, 0.25) is 11.8 Å². The van der Waals surface area contributed by atoms with Crippen LogP contribution in [0.25, 0.3) is 5.69 Å². The number of carbonyl (C=O) groups excluding carboxylic acids is 2. The van der Waals surface area contributed by atoms with Crippen molar-refractivity contribution in [1.82, 2.24) is 25.2 Å². The summed E-state index contributed by atoms with van der Waals surface area (Å²) < 4.78 is 15.4. The van der Waals surface area contributed by atoms with Crippen LogP contribution in [0, 0.1) is 12.7 Å². The molecule has 31 heavy (non-hydrogen) atoms. The number of hydrogen-bond donors (Lipinski definition) is 2. The minimum Gasteiger partial charge on any atom is -0.326 e. The third-order valence-corrected chi connectivity index (χ3v) is 5.82. The average Bonchev–Trinajstić information content (AvgIpc) is 3.47. The Labute approximate surface area is 183 Å². The molecule has 158 valence electrons. The summed E-state index contributed by atoms with van der Waals surface area (Å²) in [6.45, 7) is 1.64. The van der Waals surface area contributed by atoms with Gasteiger partial charge in [-0.15, -0.1) is 27.8 Å². The molecule has 9 nitrogen and oxygen atoms in total. The summed E-state index contributed by atoms with van der Waals surface area (Å²) in [5, 5.41) is 20.5. The summed E-state index contributed by atoms with van der Waals surface area (Å²) in [5.41, 5.74) is 1.05. The van der Waals surface area contributed by atoms with Gasteiger partial charge in [-0.05, 0) is 47.0 Å². The molecule has 0 unspecified atom stereocenters. The molecule has 0 saturated carbocycles. The quantitative estimate of drug-likeness (QED) is 0.441. The molecule has 0 bridgehead atoms. The highest BCUT2D eigenvalue weighted by Gasteiger charge is 2.14. The minimum atomic E-state index is -0.518. The van der Waals surface area contributed by atoms with E-state index in [1.165, 1.54) is 45.6 Å². The van der Waals surface area contributed by atoms with Crippen molar-refractivity contribution in [2.24, 2.45) is 0 Å². The SMILES string of the molecule is Cc1nnnn1-c1cc(NC(=O)Cc2csc(NC(=O)Cc3cccs3)n2)ccc1F. The van der Waals surface area contributed by atoms with E-state index in [4.69, 9.17) is 0 Å². The molecule has 1 aromatic carbocycles. The summed E-state index contributed by atoms with van der Waals surface area (Å²) in [4.78, 5) is 29.7. The standard InChI is InChI=1S/C19H16FN7O2S2/c1-11-24-25-26-27(11)16-7-12(4-5-15(16)20)21-17(28)8-13-10-31-19(22-13)23-18(29)9-14-3-2-6-30-14/h2-7,10H,8-9H2,1H3,(H,21,28)(H,22,23,29). The van der Waals surface area contributed by atoms with Crippen LogP contribution < -0.4 is 10.6 Å².